The number of aryl methyl sites for hydroxylation is 1. The number of amides is 1. The first kappa shape index (κ1) is 20.3. The van der Waals surface area contributed by atoms with Gasteiger partial charge in [-0.2, -0.15) is 0 Å². The number of hydrogen-bond donors (Lipinski definition) is 1. The summed E-state index contributed by atoms with van der Waals surface area (Å²) in [6.45, 7) is 9.02. The van der Waals surface area contributed by atoms with Crippen LogP contribution in [0.1, 0.15) is 54.2 Å². The highest BCUT2D eigenvalue weighted by molar-refractivity contribution is 7.14. The van der Waals surface area contributed by atoms with Crippen molar-refractivity contribution in [3.8, 4) is 5.75 Å². The molecule has 7 heteroatoms. The van der Waals surface area contributed by atoms with Gasteiger partial charge in [0.2, 0.25) is 0 Å². The number of benzene rings is 1. The zero-order valence-corrected chi connectivity index (χ0v) is 17.5. The molecule has 0 spiro atoms. The van der Waals surface area contributed by atoms with E-state index in [1.54, 1.807) is 0 Å². The lowest BCUT2D eigenvalue weighted by Gasteiger charge is -2.33. The maximum atomic E-state index is 12.8. The van der Waals surface area contributed by atoms with Crippen molar-refractivity contribution in [2.45, 2.75) is 47.0 Å². The van der Waals surface area contributed by atoms with Gasteiger partial charge in [0.05, 0.1) is 22.1 Å². The number of anilines is 1. The first-order chi connectivity index (χ1) is 13.2. The zero-order valence-electron chi connectivity index (χ0n) is 16.7. The molecule has 0 radical (unpaired) electrons. The van der Waals surface area contributed by atoms with Gasteiger partial charge in [-0.25, -0.2) is 0 Å². The molecule has 1 aromatic carbocycles. The Balaban J connectivity index is 1.82. The van der Waals surface area contributed by atoms with Gasteiger partial charge in [-0.3, -0.25) is 14.9 Å². The van der Waals surface area contributed by atoms with Crippen LogP contribution < -0.4 is 10.1 Å². The van der Waals surface area contributed by atoms with Gasteiger partial charge >= 0.3 is 0 Å². The van der Waals surface area contributed by atoms with Gasteiger partial charge in [-0.15, -0.1) is 11.3 Å². The van der Waals surface area contributed by atoms with Crippen molar-refractivity contribution in [3.63, 3.8) is 0 Å². The number of nitrogens with one attached hydrogen (secondary N) is 1. The lowest BCUT2D eigenvalue weighted by atomic mass is 9.72. The predicted molar refractivity (Wildman–Crippen MR) is 112 cm³/mol. The lowest BCUT2D eigenvalue weighted by molar-refractivity contribution is -0.384. The van der Waals surface area contributed by atoms with E-state index in [4.69, 9.17) is 4.74 Å². The van der Waals surface area contributed by atoms with E-state index in [2.05, 4.69) is 26.1 Å². The molecule has 0 saturated heterocycles. The van der Waals surface area contributed by atoms with E-state index < -0.39 is 4.92 Å². The Morgan fingerprint density at radius 2 is 2.11 bits per heavy atom. The zero-order chi connectivity index (χ0) is 20.5. The highest BCUT2D eigenvalue weighted by Gasteiger charge is 2.30. The second kappa shape index (κ2) is 7.91. The molecule has 1 aromatic heterocycles. The Bertz CT molecular complexity index is 898. The van der Waals surface area contributed by atoms with Crippen LogP contribution in [0.2, 0.25) is 0 Å². The summed E-state index contributed by atoms with van der Waals surface area (Å²) in [6, 6.07) is 6.21. The summed E-state index contributed by atoms with van der Waals surface area (Å²) in [4.78, 5) is 25.3. The molecular weight excluding hydrogens is 376 g/mol. The molecule has 0 bridgehead atoms. The van der Waals surface area contributed by atoms with Gasteiger partial charge in [0.15, 0.2) is 0 Å². The average molecular weight is 403 g/mol. The topological polar surface area (TPSA) is 81.5 Å². The number of carbonyl (C=O) groups excluding carboxylic acids is 1. The maximum absolute atomic E-state index is 12.8. The number of rotatable bonds is 5. The Hall–Kier alpha value is -2.41. The molecule has 1 amide bonds. The first-order valence-electron chi connectivity index (χ1n) is 9.53. The fraction of sp³-hybridized carbons (Fsp3) is 0.476. The van der Waals surface area contributed by atoms with Crippen molar-refractivity contribution < 1.29 is 14.5 Å². The van der Waals surface area contributed by atoms with Gasteiger partial charge in [0.1, 0.15) is 5.75 Å². The van der Waals surface area contributed by atoms with Crippen LogP contribution in [0.25, 0.3) is 0 Å². The standard InChI is InChI=1S/C21H26N2O4S/c1-5-27-17-8-7-15(23(25)26)12-16(17)22-20(24)19-11-13-10-14(21(2,3)4)6-9-18(13)28-19/h7-8,11-12,14H,5-6,9-10H2,1-4H3,(H,22,24). The number of hydrogen-bond acceptors (Lipinski definition) is 5. The third kappa shape index (κ3) is 4.35. The minimum Gasteiger partial charge on any atom is -0.492 e. The number of nitro groups is 1. The fourth-order valence-electron chi connectivity index (χ4n) is 3.57. The highest BCUT2D eigenvalue weighted by atomic mass is 32.1. The van der Waals surface area contributed by atoms with Crippen LogP contribution in [0.4, 0.5) is 11.4 Å². The third-order valence-electron chi connectivity index (χ3n) is 5.25. The second-order valence-corrected chi connectivity index (χ2v) is 9.33. The van der Waals surface area contributed by atoms with E-state index in [-0.39, 0.29) is 17.0 Å². The van der Waals surface area contributed by atoms with Crippen LogP contribution in [0, 0.1) is 21.4 Å². The van der Waals surface area contributed by atoms with Crippen LogP contribution in [-0.4, -0.2) is 17.4 Å². The minimum atomic E-state index is -0.484. The van der Waals surface area contributed by atoms with Crippen molar-refractivity contribution in [2.24, 2.45) is 11.3 Å². The molecule has 1 heterocycles. The number of carbonyl (C=O) groups is 1. The average Bonchev–Trinajstić information content (AvgIpc) is 3.06. The molecule has 0 saturated carbocycles. The molecule has 0 aliphatic heterocycles. The molecule has 1 unspecified atom stereocenters. The van der Waals surface area contributed by atoms with Crippen molar-refractivity contribution >= 4 is 28.6 Å². The van der Waals surface area contributed by atoms with Gasteiger partial charge in [-0.1, -0.05) is 20.8 Å². The number of nitro benzene ring substituents is 1. The van der Waals surface area contributed by atoms with Gasteiger partial charge in [0, 0.05) is 17.0 Å². The summed E-state index contributed by atoms with van der Waals surface area (Å²) in [6.07, 6.45) is 3.12. The van der Waals surface area contributed by atoms with E-state index >= 15 is 0 Å². The molecule has 1 aliphatic rings. The van der Waals surface area contributed by atoms with E-state index in [0.29, 0.717) is 28.8 Å². The Kier molecular flexibility index (Phi) is 5.74. The molecule has 150 valence electrons. The molecule has 3 rings (SSSR count). The monoisotopic (exact) mass is 402 g/mol. The Morgan fingerprint density at radius 3 is 2.75 bits per heavy atom. The highest BCUT2D eigenvalue weighted by Crippen LogP contribution is 2.40. The smallest absolute Gasteiger partial charge is 0.271 e. The summed E-state index contributed by atoms with van der Waals surface area (Å²) < 4.78 is 5.51. The fourth-order valence-corrected chi connectivity index (χ4v) is 4.67. The summed E-state index contributed by atoms with van der Waals surface area (Å²) in [5, 5.41) is 13.9. The molecule has 2 aromatic rings. The van der Waals surface area contributed by atoms with E-state index in [0.717, 1.165) is 19.3 Å². The van der Waals surface area contributed by atoms with Crippen molar-refractivity contribution in [3.05, 3.63) is 49.7 Å². The van der Waals surface area contributed by atoms with Crippen molar-refractivity contribution in [1.29, 1.82) is 0 Å². The normalized spacial score (nSPS) is 16.4. The van der Waals surface area contributed by atoms with Crippen LogP contribution in [0.3, 0.4) is 0 Å². The summed E-state index contributed by atoms with van der Waals surface area (Å²) >= 11 is 1.52. The van der Waals surface area contributed by atoms with E-state index in [1.165, 1.54) is 40.0 Å². The van der Waals surface area contributed by atoms with Crippen LogP contribution in [0.15, 0.2) is 24.3 Å². The number of ether oxygens (including phenoxy) is 1. The molecule has 6 nitrogen and oxygen atoms in total. The lowest BCUT2D eigenvalue weighted by Crippen LogP contribution is -2.26. The van der Waals surface area contributed by atoms with Gasteiger partial charge in [0.25, 0.3) is 11.6 Å². The number of thiophene rings is 1. The van der Waals surface area contributed by atoms with Gasteiger partial charge < -0.3 is 10.1 Å². The van der Waals surface area contributed by atoms with Gasteiger partial charge in [-0.05, 0) is 55.2 Å². The minimum absolute atomic E-state index is 0.0859. The van der Waals surface area contributed by atoms with E-state index in [1.807, 2.05) is 13.0 Å². The summed E-state index contributed by atoms with van der Waals surface area (Å²) in [5.41, 5.74) is 1.74. The van der Waals surface area contributed by atoms with Crippen molar-refractivity contribution in [1.82, 2.24) is 0 Å². The number of fused-ring (bicyclic) bond motifs is 1. The molecular formula is C21H26N2O4S. The quantitative estimate of drug-likeness (QED) is 0.532. The van der Waals surface area contributed by atoms with Crippen LogP contribution >= 0.6 is 11.3 Å². The predicted octanol–water partition coefficient (Wildman–Crippen LogP) is 5.46. The largest absolute Gasteiger partial charge is 0.492 e. The number of nitrogens with zero attached hydrogens (tertiary/aromatic N) is 1. The third-order valence-corrected chi connectivity index (χ3v) is 6.49. The van der Waals surface area contributed by atoms with Crippen molar-refractivity contribution in [2.75, 3.05) is 11.9 Å². The molecule has 1 aliphatic carbocycles. The van der Waals surface area contributed by atoms with Crippen LogP contribution in [-0.2, 0) is 12.8 Å². The Labute approximate surface area is 169 Å². The SMILES string of the molecule is CCOc1ccc([N+](=O)[O-])cc1NC(=O)c1cc2c(s1)CCC(C(C)(C)C)C2. The summed E-state index contributed by atoms with van der Waals surface area (Å²) in [5.74, 6) is 0.774. The molecule has 1 N–H and O–H groups in total. The number of non-ortho nitro benzene ring substituents is 1. The van der Waals surface area contributed by atoms with E-state index in [9.17, 15) is 14.9 Å². The molecule has 0 fully saturated rings. The maximum Gasteiger partial charge on any atom is 0.271 e. The summed E-state index contributed by atoms with van der Waals surface area (Å²) in [7, 11) is 0. The first-order valence-corrected chi connectivity index (χ1v) is 10.3. The molecule has 28 heavy (non-hydrogen) atoms. The van der Waals surface area contributed by atoms with Crippen LogP contribution in [0.5, 0.6) is 5.75 Å². The molecule has 1 atom stereocenters. The second-order valence-electron chi connectivity index (χ2n) is 8.19. The Morgan fingerprint density at radius 1 is 1.36 bits per heavy atom.